The van der Waals surface area contributed by atoms with Gasteiger partial charge in [-0.05, 0) is 36.8 Å². The van der Waals surface area contributed by atoms with Crippen LogP contribution in [0.4, 0.5) is 11.4 Å². The van der Waals surface area contributed by atoms with Crippen LogP contribution in [0.3, 0.4) is 0 Å². The number of rotatable bonds is 14. The van der Waals surface area contributed by atoms with E-state index in [1.807, 2.05) is 24.3 Å². The predicted octanol–water partition coefficient (Wildman–Crippen LogP) is 6.82. The number of azo groups is 1. The third-order valence-corrected chi connectivity index (χ3v) is 4.12. The molecule has 0 spiro atoms. The van der Waals surface area contributed by atoms with E-state index in [-0.39, 0.29) is 5.91 Å². The van der Waals surface area contributed by atoms with Gasteiger partial charge in [-0.25, -0.2) is 0 Å². The molecule has 1 aromatic carbocycles. The maximum Gasteiger partial charge on any atom is 0.247 e. The number of benzene rings is 1. The van der Waals surface area contributed by atoms with Crippen LogP contribution in [0.2, 0.25) is 0 Å². The zero-order valence-corrected chi connectivity index (χ0v) is 15.7. The largest absolute Gasteiger partial charge is 0.323 e. The van der Waals surface area contributed by atoms with Crippen molar-refractivity contribution in [2.45, 2.75) is 71.1 Å². The quantitative estimate of drug-likeness (QED) is 0.225. The molecule has 0 unspecified atom stereocenters. The zero-order valence-electron chi connectivity index (χ0n) is 15.7. The van der Waals surface area contributed by atoms with Gasteiger partial charge in [0.25, 0.3) is 0 Å². The Morgan fingerprint density at radius 1 is 0.960 bits per heavy atom. The molecule has 1 amide bonds. The highest BCUT2D eigenvalue weighted by Crippen LogP contribution is 2.17. The Bertz CT molecular complexity index is 508. The summed E-state index contributed by atoms with van der Waals surface area (Å²) in [5, 5.41) is 11.2. The van der Waals surface area contributed by atoms with Gasteiger partial charge < -0.3 is 5.32 Å². The van der Waals surface area contributed by atoms with Gasteiger partial charge in [0, 0.05) is 5.69 Å². The van der Waals surface area contributed by atoms with Crippen molar-refractivity contribution in [2.75, 3.05) is 11.9 Å². The average molecular weight is 344 g/mol. The van der Waals surface area contributed by atoms with E-state index in [9.17, 15) is 4.79 Å². The Morgan fingerprint density at radius 3 is 2.08 bits per heavy atom. The molecule has 0 aliphatic heterocycles. The van der Waals surface area contributed by atoms with Crippen molar-refractivity contribution in [3.05, 3.63) is 36.9 Å². The summed E-state index contributed by atoms with van der Waals surface area (Å²) in [5.74, 6) is -0.213. The number of nitrogens with one attached hydrogen (secondary N) is 1. The number of amides is 1. The van der Waals surface area contributed by atoms with Gasteiger partial charge in [0.2, 0.25) is 5.91 Å². The SMILES string of the molecule is C=CC(=O)Nc1ccc(N=NCCCCCCCCCCCC)cc1. The van der Waals surface area contributed by atoms with Crippen molar-refractivity contribution in [1.82, 2.24) is 0 Å². The molecule has 0 saturated carbocycles. The molecule has 0 aromatic heterocycles. The van der Waals surface area contributed by atoms with E-state index in [2.05, 4.69) is 29.0 Å². The van der Waals surface area contributed by atoms with Crippen LogP contribution >= 0.6 is 0 Å². The van der Waals surface area contributed by atoms with Crippen molar-refractivity contribution in [1.29, 1.82) is 0 Å². The minimum Gasteiger partial charge on any atom is -0.323 e. The highest BCUT2D eigenvalue weighted by molar-refractivity contribution is 5.98. The maximum absolute atomic E-state index is 11.2. The monoisotopic (exact) mass is 343 g/mol. The van der Waals surface area contributed by atoms with E-state index in [0.717, 1.165) is 24.3 Å². The molecule has 0 heterocycles. The van der Waals surface area contributed by atoms with Gasteiger partial charge in [0.15, 0.2) is 0 Å². The summed E-state index contributed by atoms with van der Waals surface area (Å²) in [6.45, 7) is 6.47. The van der Waals surface area contributed by atoms with E-state index in [1.165, 1.54) is 63.9 Å². The lowest BCUT2D eigenvalue weighted by Crippen LogP contribution is -2.06. The summed E-state index contributed by atoms with van der Waals surface area (Å²) < 4.78 is 0. The van der Waals surface area contributed by atoms with Crippen LogP contribution in [0.5, 0.6) is 0 Å². The first kappa shape index (κ1) is 21.1. The molecule has 4 nitrogen and oxygen atoms in total. The fourth-order valence-corrected chi connectivity index (χ4v) is 2.61. The fourth-order valence-electron chi connectivity index (χ4n) is 2.61. The number of carbonyl (C=O) groups is 1. The molecule has 0 saturated heterocycles. The van der Waals surface area contributed by atoms with Gasteiger partial charge in [-0.1, -0.05) is 71.3 Å². The second-order valence-corrected chi connectivity index (χ2v) is 6.39. The average Bonchev–Trinajstić information content (AvgIpc) is 2.64. The highest BCUT2D eigenvalue weighted by atomic mass is 16.1. The lowest BCUT2D eigenvalue weighted by molar-refractivity contribution is -0.111. The Morgan fingerprint density at radius 2 is 1.52 bits per heavy atom. The van der Waals surface area contributed by atoms with Crippen LogP contribution in [0.15, 0.2) is 47.1 Å². The molecule has 138 valence electrons. The van der Waals surface area contributed by atoms with Gasteiger partial charge in [0.05, 0.1) is 12.2 Å². The standard InChI is InChI=1S/C21H33N3O/c1-3-5-6-7-8-9-10-11-12-13-18-22-24-20-16-14-19(15-17-20)23-21(25)4-2/h4,14-17H,2-3,5-13,18H2,1H3,(H,23,25). The van der Waals surface area contributed by atoms with Crippen molar-refractivity contribution in [2.24, 2.45) is 10.2 Å². The predicted molar refractivity (Wildman–Crippen MR) is 106 cm³/mol. The van der Waals surface area contributed by atoms with Gasteiger partial charge in [-0.3, -0.25) is 4.79 Å². The van der Waals surface area contributed by atoms with Gasteiger partial charge in [0.1, 0.15) is 0 Å². The molecule has 4 heteroatoms. The first-order valence-electron chi connectivity index (χ1n) is 9.67. The maximum atomic E-state index is 11.2. The molecular formula is C21H33N3O. The minimum atomic E-state index is -0.213. The van der Waals surface area contributed by atoms with E-state index < -0.39 is 0 Å². The Kier molecular flexibility index (Phi) is 12.1. The summed E-state index contributed by atoms with van der Waals surface area (Å²) in [7, 11) is 0. The molecule has 1 aromatic rings. The van der Waals surface area contributed by atoms with E-state index in [1.54, 1.807) is 0 Å². The van der Waals surface area contributed by atoms with E-state index in [4.69, 9.17) is 0 Å². The first-order valence-corrected chi connectivity index (χ1v) is 9.67. The number of hydrogen-bond acceptors (Lipinski definition) is 3. The van der Waals surface area contributed by atoms with Gasteiger partial charge in [-0.15, -0.1) is 0 Å². The zero-order chi connectivity index (χ0) is 18.2. The van der Waals surface area contributed by atoms with Crippen molar-refractivity contribution in [3.8, 4) is 0 Å². The molecule has 0 aliphatic carbocycles. The number of carbonyl (C=O) groups excluding carboxylic acids is 1. The molecular weight excluding hydrogens is 310 g/mol. The molecule has 1 N–H and O–H groups in total. The fraction of sp³-hybridized carbons (Fsp3) is 0.571. The smallest absolute Gasteiger partial charge is 0.247 e. The number of nitrogens with zero attached hydrogens (tertiary/aromatic N) is 2. The number of anilines is 1. The van der Waals surface area contributed by atoms with Crippen LogP contribution in [0, 0.1) is 0 Å². The van der Waals surface area contributed by atoms with E-state index >= 15 is 0 Å². The van der Waals surface area contributed by atoms with Crippen LogP contribution in [0.25, 0.3) is 0 Å². The third kappa shape index (κ3) is 11.2. The Hall–Kier alpha value is -1.97. The van der Waals surface area contributed by atoms with Crippen LogP contribution in [0.1, 0.15) is 71.1 Å². The van der Waals surface area contributed by atoms with Gasteiger partial charge in [-0.2, -0.15) is 10.2 Å². The minimum absolute atomic E-state index is 0.213. The molecule has 0 atom stereocenters. The second kappa shape index (κ2) is 14.4. The lowest BCUT2D eigenvalue weighted by atomic mass is 10.1. The molecule has 1 rings (SSSR count). The summed E-state index contributed by atoms with van der Waals surface area (Å²) >= 11 is 0. The topological polar surface area (TPSA) is 53.8 Å². The highest BCUT2D eigenvalue weighted by Gasteiger charge is 1.97. The van der Waals surface area contributed by atoms with Crippen LogP contribution < -0.4 is 5.32 Å². The van der Waals surface area contributed by atoms with Crippen LogP contribution in [-0.2, 0) is 4.79 Å². The second-order valence-electron chi connectivity index (χ2n) is 6.39. The van der Waals surface area contributed by atoms with Crippen molar-refractivity contribution < 1.29 is 4.79 Å². The number of hydrogen-bond donors (Lipinski definition) is 1. The molecule has 0 radical (unpaired) electrons. The summed E-state index contributed by atoms with van der Waals surface area (Å²) in [4.78, 5) is 11.2. The molecule has 25 heavy (non-hydrogen) atoms. The molecule has 0 bridgehead atoms. The van der Waals surface area contributed by atoms with Gasteiger partial charge >= 0.3 is 0 Å². The lowest BCUT2D eigenvalue weighted by Gasteiger charge is -2.02. The summed E-state index contributed by atoms with van der Waals surface area (Å²) in [6, 6.07) is 7.33. The summed E-state index contributed by atoms with van der Waals surface area (Å²) in [5.41, 5.74) is 1.54. The summed E-state index contributed by atoms with van der Waals surface area (Å²) in [6.07, 6.45) is 14.5. The Labute approximate surface area is 152 Å². The first-order chi connectivity index (χ1) is 12.3. The normalized spacial score (nSPS) is 10.9. The van der Waals surface area contributed by atoms with Crippen LogP contribution in [-0.4, -0.2) is 12.5 Å². The van der Waals surface area contributed by atoms with Crippen molar-refractivity contribution >= 4 is 17.3 Å². The Balaban J connectivity index is 2.04. The number of unbranched alkanes of at least 4 members (excludes halogenated alkanes) is 9. The van der Waals surface area contributed by atoms with Crippen molar-refractivity contribution in [3.63, 3.8) is 0 Å². The van der Waals surface area contributed by atoms with E-state index in [0.29, 0.717) is 0 Å². The molecule has 0 aliphatic rings. The molecule has 0 fully saturated rings. The third-order valence-electron chi connectivity index (χ3n) is 4.12.